The average molecular weight is 224 g/mol. The first-order valence-electron chi connectivity index (χ1n) is 5.78. The minimum Gasteiger partial charge on any atom is -0.351 e. The highest BCUT2D eigenvalue weighted by atomic mass is 16.1. The van der Waals surface area contributed by atoms with E-state index in [1.54, 1.807) is 12.5 Å². The van der Waals surface area contributed by atoms with E-state index in [9.17, 15) is 4.79 Å². The van der Waals surface area contributed by atoms with Gasteiger partial charge in [0.05, 0.1) is 6.33 Å². The standard InChI is InChI=1S/C11H20N4O/c1-2-3-4-6-13-11(16)10-8-15(7-5-12)9-14-10/h8-9H,2-7,12H2,1H3,(H,13,16). The molecule has 0 aliphatic heterocycles. The Morgan fingerprint density at radius 2 is 2.38 bits per heavy atom. The molecule has 0 atom stereocenters. The topological polar surface area (TPSA) is 72.9 Å². The maximum atomic E-state index is 11.6. The van der Waals surface area contributed by atoms with E-state index in [0.717, 1.165) is 25.8 Å². The van der Waals surface area contributed by atoms with Gasteiger partial charge in [0.25, 0.3) is 5.91 Å². The van der Waals surface area contributed by atoms with Crippen LogP contribution in [0.4, 0.5) is 0 Å². The van der Waals surface area contributed by atoms with Gasteiger partial charge in [-0.05, 0) is 6.42 Å². The van der Waals surface area contributed by atoms with Crippen molar-refractivity contribution in [2.75, 3.05) is 13.1 Å². The molecule has 5 heteroatoms. The lowest BCUT2D eigenvalue weighted by atomic mass is 10.2. The molecular weight excluding hydrogens is 204 g/mol. The van der Waals surface area contributed by atoms with Gasteiger partial charge in [0.1, 0.15) is 5.69 Å². The van der Waals surface area contributed by atoms with Crippen LogP contribution >= 0.6 is 0 Å². The summed E-state index contributed by atoms with van der Waals surface area (Å²) in [5, 5.41) is 2.84. The van der Waals surface area contributed by atoms with Gasteiger partial charge in [-0.1, -0.05) is 19.8 Å². The highest BCUT2D eigenvalue weighted by molar-refractivity contribution is 5.91. The molecule has 0 bridgehead atoms. The Morgan fingerprint density at radius 1 is 1.56 bits per heavy atom. The number of aromatic nitrogens is 2. The summed E-state index contributed by atoms with van der Waals surface area (Å²) in [5.74, 6) is -0.105. The Hall–Kier alpha value is -1.36. The van der Waals surface area contributed by atoms with Crippen molar-refractivity contribution in [2.45, 2.75) is 32.7 Å². The van der Waals surface area contributed by atoms with Crippen LogP contribution in [-0.2, 0) is 6.54 Å². The van der Waals surface area contributed by atoms with E-state index < -0.39 is 0 Å². The zero-order valence-corrected chi connectivity index (χ0v) is 9.78. The highest BCUT2D eigenvalue weighted by Gasteiger charge is 2.07. The van der Waals surface area contributed by atoms with Crippen molar-refractivity contribution in [1.82, 2.24) is 14.9 Å². The van der Waals surface area contributed by atoms with Gasteiger partial charge in [-0.3, -0.25) is 4.79 Å². The first-order chi connectivity index (χ1) is 7.77. The molecule has 1 amide bonds. The van der Waals surface area contributed by atoms with E-state index in [0.29, 0.717) is 18.8 Å². The Labute approximate surface area is 96.0 Å². The van der Waals surface area contributed by atoms with Crippen LogP contribution in [0.2, 0.25) is 0 Å². The Kier molecular flexibility index (Phi) is 5.56. The fraction of sp³-hybridized carbons (Fsp3) is 0.636. The van der Waals surface area contributed by atoms with E-state index in [-0.39, 0.29) is 5.91 Å². The lowest BCUT2D eigenvalue weighted by molar-refractivity contribution is 0.0948. The van der Waals surface area contributed by atoms with Crippen molar-refractivity contribution in [3.05, 3.63) is 18.2 Å². The van der Waals surface area contributed by atoms with Crippen molar-refractivity contribution >= 4 is 5.91 Å². The fourth-order valence-corrected chi connectivity index (χ4v) is 1.42. The number of nitrogens with two attached hydrogens (primary N) is 1. The number of unbranched alkanes of at least 4 members (excludes halogenated alkanes) is 2. The molecule has 5 nitrogen and oxygen atoms in total. The molecule has 0 saturated heterocycles. The molecule has 0 unspecified atom stereocenters. The van der Waals surface area contributed by atoms with Gasteiger partial charge >= 0.3 is 0 Å². The predicted molar refractivity (Wildman–Crippen MR) is 63.1 cm³/mol. The normalized spacial score (nSPS) is 10.4. The van der Waals surface area contributed by atoms with Crippen LogP contribution in [0.1, 0.15) is 36.7 Å². The van der Waals surface area contributed by atoms with Crippen molar-refractivity contribution in [3.8, 4) is 0 Å². The Morgan fingerprint density at radius 3 is 3.06 bits per heavy atom. The van der Waals surface area contributed by atoms with Crippen LogP contribution in [0, 0.1) is 0 Å². The molecule has 0 aliphatic carbocycles. The van der Waals surface area contributed by atoms with Crippen molar-refractivity contribution in [2.24, 2.45) is 5.73 Å². The van der Waals surface area contributed by atoms with Crippen LogP contribution in [0.25, 0.3) is 0 Å². The number of carbonyl (C=O) groups excluding carboxylic acids is 1. The van der Waals surface area contributed by atoms with Gasteiger partial charge in [0, 0.05) is 25.8 Å². The summed E-state index contributed by atoms with van der Waals surface area (Å²) < 4.78 is 1.82. The number of nitrogens with one attached hydrogen (secondary N) is 1. The number of imidazole rings is 1. The van der Waals surface area contributed by atoms with Gasteiger partial charge in [0.2, 0.25) is 0 Å². The Bertz CT molecular complexity index is 322. The molecule has 1 heterocycles. The maximum Gasteiger partial charge on any atom is 0.271 e. The molecule has 0 saturated carbocycles. The monoisotopic (exact) mass is 224 g/mol. The van der Waals surface area contributed by atoms with E-state index in [1.165, 1.54) is 0 Å². The number of hydrogen-bond donors (Lipinski definition) is 2. The summed E-state index contributed by atoms with van der Waals surface area (Å²) in [4.78, 5) is 15.6. The molecule has 0 aromatic carbocycles. The molecule has 0 spiro atoms. The molecule has 0 radical (unpaired) electrons. The third-order valence-electron chi connectivity index (χ3n) is 2.32. The van der Waals surface area contributed by atoms with E-state index in [4.69, 9.17) is 5.73 Å². The molecule has 1 aromatic rings. The maximum absolute atomic E-state index is 11.6. The quantitative estimate of drug-likeness (QED) is 0.672. The number of hydrogen-bond acceptors (Lipinski definition) is 3. The number of nitrogens with zero attached hydrogens (tertiary/aromatic N) is 2. The van der Waals surface area contributed by atoms with Crippen molar-refractivity contribution < 1.29 is 4.79 Å². The van der Waals surface area contributed by atoms with E-state index in [1.807, 2.05) is 4.57 Å². The number of carbonyl (C=O) groups is 1. The third-order valence-corrected chi connectivity index (χ3v) is 2.32. The summed E-state index contributed by atoms with van der Waals surface area (Å²) in [6.07, 6.45) is 6.67. The van der Waals surface area contributed by atoms with Crippen LogP contribution in [0.3, 0.4) is 0 Å². The van der Waals surface area contributed by atoms with Gasteiger partial charge in [0.15, 0.2) is 0 Å². The van der Waals surface area contributed by atoms with E-state index >= 15 is 0 Å². The Balaban J connectivity index is 2.34. The van der Waals surface area contributed by atoms with Crippen LogP contribution in [-0.4, -0.2) is 28.5 Å². The van der Waals surface area contributed by atoms with E-state index in [2.05, 4.69) is 17.2 Å². The largest absolute Gasteiger partial charge is 0.351 e. The SMILES string of the molecule is CCCCCNC(=O)c1cn(CCN)cn1. The average Bonchev–Trinajstić information content (AvgIpc) is 2.73. The molecule has 1 aromatic heterocycles. The zero-order chi connectivity index (χ0) is 11.8. The van der Waals surface area contributed by atoms with Crippen LogP contribution in [0.5, 0.6) is 0 Å². The summed E-state index contributed by atoms with van der Waals surface area (Å²) in [7, 11) is 0. The fourth-order valence-electron chi connectivity index (χ4n) is 1.42. The first kappa shape index (κ1) is 12.7. The second kappa shape index (κ2) is 7.00. The molecule has 90 valence electrons. The molecule has 16 heavy (non-hydrogen) atoms. The molecule has 1 rings (SSSR count). The van der Waals surface area contributed by atoms with Gasteiger partial charge < -0.3 is 15.6 Å². The second-order valence-electron chi connectivity index (χ2n) is 3.75. The smallest absolute Gasteiger partial charge is 0.271 e. The van der Waals surface area contributed by atoms with Gasteiger partial charge in [-0.15, -0.1) is 0 Å². The van der Waals surface area contributed by atoms with Crippen LogP contribution in [0.15, 0.2) is 12.5 Å². The molecule has 3 N–H and O–H groups in total. The zero-order valence-electron chi connectivity index (χ0n) is 9.78. The lowest BCUT2D eigenvalue weighted by Gasteiger charge is -2.01. The summed E-state index contributed by atoms with van der Waals surface area (Å²) in [5.41, 5.74) is 5.87. The minimum absolute atomic E-state index is 0.105. The lowest BCUT2D eigenvalue weighted by Crippen LogP contribution is -2.24. The van der Waals surface area contributed by atoms with Gasteiger partial charge in [-0.25, -0.2) is 4.98 Å². The van der Waals surface area contributed by atoms with Crippen LogP contribution < -0.4 is 11.1 Å². The summed E-state index contributed by atoms with van der Waals surface area (Å²) in [6.45, 7) is 4.09. The predicted octanol–water partition coefficient (Wildman–Crippen LogP) is 0.762. The molecular formula is C11H20N4O. The van der Waals surface area contributed by atoms with Gasteiger partial charge in [-0.2, -0.15) is 0 Å². The third kappa shape index (κ3) is 4.02. The molecule has 0 fully saturated rings. The summed E-state index contributed by atoms with van der Waals surface area (Å²) in [6, 6.07) is 0. The highest BCUT2D eigenvalue weighted by Crippen LogP contribution is 1.97. The first-order valence-corrected chi connectivity index (χ1v) is 5.78. The number of amides is 1. The second-order valence-corrected chi connectivity index (χ2v) is 3.75. The molecule has 0 aliphatic rings. The number of rotatable bonds is 7. The summed E-state index contributed by atoms with van der Waals surface area (Å²) >= 11 is 0. The van der Waals surface area contributed by atoms with Crippen molar-refractivity contribution in [1.29, 1.82) is 0 Å². The minimum atomic E-state index is -0.105. The van der Waals surface area contributed by atoms with Crippen molar-refractivity contribution in [3.63, 3.8) is 0 Å².